The number of benzene rings is 1. The van der Waals surface area contributed by atoms with Gasteiger partial charge in [-0.15, -0.1) is 0 Å². The zero-order chi connectivity index (χ0) is 23.4. The lowest BCUT2D eigenvalue weighted by atomic mass is 9.78. The number of ether oxygens (including phenoxy) is 4. The van der Waals surface area contributed by atoms with Gasteiger partial charge in [-0.25, -0.2) is 13.6 Å². The number of hydrogen-bond acceptors (Lipinski definition) is 6. The summed E-state index contributed by atoms with van der Waals surface area (Å²) >= 11 is 5.13. The van der Waals surface area contributed by atoms with Gasteiger partial charge < -0.3 is 23.8 Å². The quantitative estimate of drug-likeness (QED) is 0.561. The van der Waals surface area contributed by atoms with E-state index in [0.717, 1.165) is 0 Å². The summed E-state index contributed by atoms with van der Waals surface area (Å²) in [5, 5.41) is -0.257. The molecule has 1 aromatic carbocycles. The van der Waals surface area contributed by atoms with Crippen LogP contribution in [0.4, 0.5) is 13.6 Å². The van der Waals surface area contributed by atoms with Crippen molar-refractivity contribution in [3.05, 3.63) is 30.1 Å². The summed E-state index contributed by atoms with van der Waals surface area (Å²) in [6.07, 6.45) is 1.69. The van der Waals surface area contributed by atoms with Crippen molar-refractivity contribution in [2.45, 2.75) is 63.8 Å². The van der Waals surface area contributed by atoms with Crippen molar-refractivity contribution in [1.82, 2.24) is 4.90 Å². The van der Waals surface area contributed by atoms with E-state index in [1.54, 1.807) is 20.8 Å². The van der Waals surface area contributed by atoms with Gasteiger partial charge in [0.2, 0.25) is 0 Å². The number of hydrogen-bond donors (Lipinski definition) is 0. The number of thiocarbonyl (C=S) groups is 1. The minimum Gasteiger partial charge on any atom is -0.453 e. The highest BCUT2D eigenvalue weighted by molar-refractivity contribution is 7.79. The van der Waals surface area contributed by atoms with E-state index >= 15 is 4.39 Å². The van der Waals surface area contributed by atoms with Crippen LogP contribution in [0, 0.1) is 11.7 Å². The molecule has 9 heteroatoms. The van der Waals surface area contributed by atoms with Crippen LogP contribution in [0.25, 0.3) is 0 Å². The first-order valence-electron chi connectivity index (χ1n) is 10.9. The zero-order valence-corrected chi connectivity index (χ0v) is 19.6. The number of alkyl halides is 1. The van der Waals surface area contributed by atoms with Crippen molar-refractivity contribution in [2.75, 3.05) is 26.4 Å². The normalized spacial score (nSPS) is 21.7. The molecule has 1 aromatic rings. The number of carbonyl (C=O) groups is 1. The second kappa shape index (κ2) is 10.3. The van der Waals surface area contributed by atoms with Crippen LogP contribution in [0.2, 0.25) is 0 Å². The molecule has 6 nitrogen and oxygen atoms in total. The maximum atomic E-state index is 16.8. The van der Waals surface area contributed by atoms with Crippen molar-refractivity contribution >= 4 is 23.5 Å². The highest BCUT2D eigenvalue weighted by atomic mass is 32.1. The third kappa shape index (κ3) is 6.28. The minimum atomic E-state index is -1.85. The molecule has 2 aliphatic heterocycles. The second-order valence-corrected chi connectivity index (χ2v) is 9.57. The number of rotatable bonds is 5. The molecule has 2 fully saturated rings. The molecular formula is C23H31F2NO5S. The lowest BCUT2D eigenvalue weighted by molar-refractivity contribution is -0.0812. The van der Waals surface area contributed by atoms with Crippen LogP contribution >= 0.6 is 12.2 Å². The van der Waals surface area contributed by atoms with E-state index < -0.39 is 29.2 Å². The van der Waals surface area contributed by atoms with Gasteiger partial charge in [0.25, 0.3) is 0 Å². The van der Waals surface area contributed by atoms with Gasteiger partial charge in [0.05, 0.1) is 6.04 Å². The Kier molecular flexibility index (Phi) is 7.92. The molecule has 0 aromatic heterocycles. The van der Waals surface area contributed by atoms with Crippen LogP contribution in [0.1, 0.15) is 46.5 Å². The number of amides is 1. The lowest BCUT2D eigenvalue weighted by Gasteiger charge is -2.43. The van der Waals surface area contributed by atoms with E-state index in [2.05, 4.69) is 0 Å². The highest BCUT2D eigenvalue weighted by Crippen LogP contribution is 2.41. The first kappa shape index (κ1) is 24.6. The van der Waals surface area contributed by atoms with Crippen molar-refractivity contribution in [3.8, 4) is 5.75 Å². The summed E-state index contributed by atoms with van der Waals surface area (Å²) in [4.78, 5) is 14.3. The van der Waals surface area contributed by atoms with Gasteiger partial charge in [-0.3, -0.25) is 0 Å². The molecule has 0 bridgehead atoms. The van der Waals surface area contributed by atoms with E-state index in [4.69, 9.17) is 31.2 Å². The molecule has 3 rings (SSSR count). The number of halogens is 2. The molecule has 0 spiro atoms. The first-order valence-corrected chi connectivity index (χ1v) is 11.4. The Hall–Kier alpha value is -2.00. The summed E-state index contributed by atoms with van der Waals surface area (Å²) < 4.78 is 51.8. The molecule has 178 valence electrons. The molecule has 2 heterocycles. The number of carbonyl (C=O) groups excluding carboxylic acids is 1. The fourth-order valence-electron chi connectivity index (χ4n) is 4.27. The molecule has 32 heavy (non-hydrogen) atoms. The Morgan fingerprint density at radius 2 is 1.84 bits per heavy atom. The smallest absolute Gasteiger partial charge is 0.410 e. The van der Waals surface area contributed by atoms with Crippen LogP contribution < -0.4 is 4.74 Å². The Bertz CT molecular complexity index is 795. The van der Waals surface area contributed by atoms with Gasteiger partial charge in [0.1, 0.15) is 23.8 Å². The average Bonchev–Trinajstić information content (AvgIpc) is 3.24. The SMILES string of the molecule is CC(C)(C)OC(=O)N1CCC[C@@H]1C(F)(COC(=S)Oc1ccc(F)cc1)C1CCOCC1. The molecule has 2 saturated heterocycles. The Labute approximate surface area is 193 Å². The maximum absolute atomic E-state index is 16.8. The van der Waals surface area contributed by atoms with Crippen LogP contribution in [-0.4, -0.2) is 59.9 Å². The van der Waals surface area contributed by atoms with E-state index in [1.165, 1.54) is 29.2 Å². The number of nitrogens with zero attached hydrogens (tertiary/aromatic N) is 1. The molecule has 2 aliphatic rings. The fraction of sp³-hybridized carbons (Fsp3) is 0.652. The van der Waals surface area contributed by atoms with E-state index in [-0.39, 0.29) is 17.8 Å². The van der Waals surface area contributed by atoms with Gasteiger partial charge >= 0.3 is 11.3 Å². The van der Waals surface area contributed by atoms with Crippen molar-refractivity contribution in [1.29, 1.82) is 0 Å². The molecule has 1 unspecified atom stereocenters. The van der Waals surface area contributed by atoms with Crippen molar-refractivity contribution in [3.63, 3.8) is 0 Å². The van der Waals surface area contributed by atoms with Gasteiger partial charge in [0, 0.05) is 37.9 Å². The summed E-state index contributed by atoms with van der Waals surface area (Å²) in [7, 11) is 0. The van der Waals surface area contributed by atoms with Crippen molar-refractivity contribution in [2.24, 2.45) is 5.92 Å². The third-order valence-electron chi connectivity index (χ3n) is 5.76. The van der Waals surface area contributed by atoms with Gasteiger partial charge in [-0.1, -0.05) is 0 Å². The summed E-state index contributed by atoms with van der Waals surface area (Å²) in [5.74, 6) is -0.476. The molecule has 0 radical (unpaired) electrons. The van der Waals surface area contributed by atoms with Crippen LogP contribution in [0.15, 0.2) is 24.3 Å². The summed E-state index contributed by atoms with van der Waals surface area (Å²) in [6.45, 7) is 6.31. The fourth-order valence-corrected chi connectivity index (χ4v) is 4.42. The topological polar surface area (TPSA) is 57.2 Å². The van der Waals surface area contributed by atoms with Crippen LogP contribution in [0.3, 0.4) is 0 Å². The summed E-state index contributed by atoms with van der Waals surface area (Å²) in [5.41, 5.74) is -2.53. The zero-order valence-electron chi connectivity index (χ0n) is 18.8. The minimum absolute atomic E-state index is 0.257. The monoisotopic (exact) mass is 471 g/mol. The lowest BCUT2D eigenvalue weighted by Crippen LogP contribution is -2.57. The van der Waals surface area contributed by atoms with Gasteiger partial charge in [-0.2, -0.15) is 0 Å². The van der Waals surface area contributed by atoms with E-state index in [9.17, 15) is 9.18 Å². The Balaban J connectivity index is 1.74. The van der Waals surface area contributed by atoms with Crippen LogP contribution in [-0.2, 0) is 14.2 Å². The predicted molar refractivity (Wildman–Crippen MR) is 119 cm³/mol. The van der Waals surface area contributed by atoms with Crippen molar-refractivity contribution < 1.29 is 32.5 Å². The largest absolute Gasteiger partial charge is 0.453 e. The Morgan fingerprint density at radius 1 is 1.19 bits per heavy atom. The third-order valence-corrected chi connectivity index (χ3v) is 5.96. The first-order chi connectivity index (χ1) is 15.1. The average molecular weight is 472 g/mol. The van der Waals surface area contributed by atoms with Crippen LogP contribution in [0.5, 0.6) is 5.75 Å². The molecule has 1 amide bonds. The predicted octanol–water partition coefficient (Wildman–Crippen LogP) is 5.04. The van der Waals surface area contributed by atoms with E-state index in [1.807, 2.05) is 0 Å². The standard InChI is InChI=1S/C23H31F2NO5S/c1-22(2,3)31-20(27)26-12-4-5-19(26)23(25,16-10-13-28-14-11-16)15-29-21(32)30-18-8-6-17(24)7-9-18/h6-9,16,19H,4-5,10-15H2,1-3H3/t19-,23?/m1/s1. The number of likely N-dealkylation sites (tertiary alicyclic amines) is 1. The van der Waals surface area contributed by atoms with E-state index in [0.29, 0.717) is 51.2 Å². The highest BCUT2D eigenvalue weighted by Gasteiger charge is 2.53. The molecule has 0 N–H and O–H groups in total. The molecular weight excluding hydrogens is 440 g/mol. The summed E-state index contributed by atoms with van der Waals surface area (Å²) in [6, 6.07) is 4.59. The van der Waals surface area contributed by atoms with Gasteiger partial charge in [-0.05, 0) is 70.7 Å². The van der Waals surface area contributed by atoms with Gasteiger partial charge in [0.15, 0.2) is 5.67 Å². The molecule has 2 atom stereocenters. The molecule has 0 saturated carbocycles. The maximum Gasteiger partial charge on any atom is 0.410 e. The Morgan fingerprint density at radius 3 is 2.47 bits per heavy atom. The second-order valence-electron chi connectivity index (χ2n) is 9.24. The molecule has 0 aliphatic carbocycles.